The highest BCUT2D eigenvalue weighted by atomic mass is 79.9. The van der Waals surface area contributed by atoms with Crippen LogP contribution in [0, 0.1) is 10.1 Å². The van der Waals surface area contributed by atoms with Crippen LogP contribution in [0.15, 0.2) is 21.1 Å². The van der Waals surface area contributed by atoms with Crippen molar-refractivity contribution in [1.29, 1.82) is 0 Å². The number of hydrogen-bond acceptors (Lipinski definition) is 4. The molecule has 0 radical (unpaired) electrons. The molecular formula is C13H21Br2N3O3. The second-order valence-corrected chi connectivity index (χ2v) is 6.58. The Balaban J connectivity index is 0.000000486. The van der Waals surface area contributed by atoms with Crippen LogP contribution in [0.5, 0.6) is 5.75 Å². The third kappa shape index (κ3) is 8.90. The van der Waals surface area contributed by atoms with Crippen molar-refractivity contribution in [2.45, 2.75) is 39.8 Å². The summed E-state index contributed by atoms with van der Waals surface area (Å²) >= 11 is 6.44. The largest absolute Gasteiger partial charge is 0.494 e. The number of nitrogens with one attached hydrogen (secondary N) is 2. The fraction of sp³-hybridized carbons (Fsp3) is 0.538. The Labute approximate surface area is 142 Å². The molecule has 0 heterocycles. The van der Waals surface area contributed by atoms with E-state index in [-0.39, 0.29) is 0 Å². The molecule has 0 saturated carbocycles. The molecule has 21 heavy (non-hydrogen) atoms. The van der Waals surface area contributed by atoms with Gasteiger partial charge in [-0.25, -0.2) is 10.1 Å². The monoisotopic (exact) mass is 425 g/mol. The van der Waals surface area contributed by atoms with Gasteiger partial charge in [0.1, 0.15) is 5.75 Å². The summed E-state index contributed by atoms with van der Waals surface area (Å²) in [5, 5.41) is 12.9. The topological polar surface area (TPSA) is 76.4 Å². The van der Waals surface area contributed by atoms with Gasteiger partial charge in [0.05, 0.1) is 11.6 Å². The second kappa shape index (κ2) is 9.97. The van der Waals surface area contributed by atoms with Gasteiger partial charge in [0.25, 0.3) is 0 Å². The zero-order chi connectivity index (χ0) is 16.6. The summed E-state index contributed by atoms with van der Waals surface area (Å²) in [5.74, 6) is 0.392. The molecule has 0 spiro atoms. The molecular weight excluding hydrogens is 406 g/mol. The van der Waals surface area contributed by atoms with Crippen molar-refractivity contribution in [2.75, 3.05) is 12.5 Å². The van der Waals surface area contributed by atoms with Crippen molar-refractivity contribution in [3.05, 3.63) is 31.2 Å². The summed E-state index contributed by atoms with van der Waals surface area (Å²) in [5.41, 5.74) is 2.34. The van der Waals surface area contributed by atoms with Crippen molar-refractivity contribution in [3.8, 4) is 5.75 Å². The summed E-state index contributed by atoms with van der Waals surface area (Å²) < 4.78 is 6.31. The summed E-state index contributed by atoms with van der Waals surface area (Å²) in [6.45, 7) is 8.61. The van der Waals surface area contributed by atoms with Gasteiger partial charge in [0, 0.05) is 16.6 Å². The summed E-state index contributed by atoms with van der Waals surface area (Å²) in [4.78, 5) is 10.3. The smallest absolute Gasteiger partial charge is 0.162 e. The van der Waals surface area contributed by atoms with E-state index < -0.39 is 5.03 Å². The average molecular weight is 427 g/mol. The van der Waals surface area contributed by atoms with Crippen molar-refractivity contribution < 1.29 is 9.77 Å². The first-order chi connectivity index (χ1) is 9.67. The third-order valence-corrected chi connectivity index (χ3v) is 3.19. The average Bonchev–Trinajstić information content (AvgIpc) is 2.30. The number of anilines is 1. The molecule has 0 amide bonds. The maximum absolute atomic E-state index is 10.3. The van der Waals surface area contributed by atoms with E-state index in [9.17, 15) is 10.1 Å². The van der Waals surface area contributed by atoms with Crippen molar-refractivity contribution in [3.63, 3.8) is 0 Å². The molecule has 0 aromatic heterocycles. The molecule has 0 aliphatic rings. The number of nitro groups is 1. The maximum atomic E-state index is 10.3. The van der Waals surface area contributed by atoms with E-state index in [4.69, 9.17) is 4.74 Å². The van der Waals surface area contributed by atoms with Crippen LogP contribution in [0.1, 0.15) is 27.7 Å². The molecule has 0 saturated heterocycles. The predicted molar refractivity (Wildman–Crippen MR) is 92.4 cm³/mol. The number of benzene rings is 1. The van der Waals surface area contributed by atoms with Crippen LogP contribution in [-0.2, 0) is 0 Å². The van der Waals surface area contributed by atoms with Crippen LogP contribution in [0.3, 0.4) is 0 Å². The summed E-state index contributed by atoms with van der Waals surface area (Å²) in [6.07, 6.45) is 0. The quantitative estimate of drug-likeness (QED) is 0.544. The lowest BCUT2D eigenvalue weighted by atomic mass is 10.3. The van der Waals surface area contributed by atoms with Gasteiger partial charge < -0.3 is 10.1 Å². The van der Waals surface area contributed by atoms with Crippen LogP contribution in [0.2, 0.25) is 0 Å². The molecule has 120 valence electrons. The van der Waals surface area contributed by atoms with E-state index in [1.807, 2.05) is 5.43 Å². The first-order valence-electron chi connectivity index (χ1n) is 6.37. The van der Waals surface area contributed by atoms with Crippen LogP contribution >= 0.6 is 31.9 Å². The minimum Gasteiger partial charge on any atom is -0.494 e. The van der Waals surface area contributed by atoms with Crippen LogP contribution < -0.4 is 15.5 Å². The van der Waals surface area contributed by atoms with E-state index in [0.717, 1.165) is 4.47 Å². The van der Waals surface area contributed by atoms with Gasteiger partial charge in [-0.15, -0.1) is 5.43 Å². The van der Waals surface area contributed by atoms with E-state index in [1.165, 1.54) is 7.11 Å². The van der Waals surface area contributed by atoms with E-state index in [0.29, 0.717) is 28.0 Å². The Morgan fingerprint density at radius 3 is 2.05 bits per heavy atom. The second-order valence-electron chi connectivity index (χ2n) is 4.81. The molecule has 0 atom stereocenters. The van der Waals surface area contributed by atoms with Gasteiger partial charge in [-0.1, -0.05) is 43.6 Å². The molecule has 8 heteroatoms. The molecule has 2 N–H and O–H groups in total. The molecule has 0 fully saturated rings. The van der Waals surface area contributed by atoms with Gasteiger partial charge in [-0.3, -0.25) is 0 Å². The number of hydrogen-bond donors (Lipinski definition) is 2. The summed E-state index contributed by atoms with van der Waals surface area (Å²) in [7, 11) is 1.44. The number of rotatable bonds is 5. The van der Waals surface area contributed by atoms with E-state index >= 15 is 0 Å². The summed E-state index contributed by atoms with van der Waals surface area (Å²) in [6, 6.07) is 4.57. The number of nitrogens with zero attached hydrogens (tertiary/aromatic N) is 1. The Bertz CT molecular complexity index is 462. The van der Waals surface area contributed by atoms with Gasteiger partial charge >= 0.3 is 0 Å². The molecule has 0 aliphatic carbocycles. The Hall–Kier alpha value is -0.860. The lowest BCUT2D eigenvalue weighted by Gasteiger charge is -2.10. The fourth-order valence-corrected chi connectivity index (χ4v) is 2.85. The molecule has 6 nitrogen and oxygen atoms in total. The predicted octanol–water partition coefficient (Wildman–Crippen LogP) is 4.22. The highest BCUT2D eigenvalue weighted by Gasteiger charge is 2.13. The molecule has 1 rings (SSSR count). The third-order valence-electron chi connectivity index (χ3n) is 2.11. The highest BCUT2D eigenvalue weighted by Crippen LogP contribution is 2.35. The van der Waals surface area contributed by atoms with Crippen molar-refractivity contribution >= 4 is 37.5 Å². The van der Waals surface area contributed by atoms with Crippen LogP contribution in [0.25, 0.3) is 0 Å². The normalized spacial score (nSPS) is 10.1. The van der Waals surface area contributed by atoms with Crippen LogP contribution in [-0.4, -0.2) is 24.2 Å². The number of halogens is 2. The van der Waals surface area contributed by atoms with E-state index in [2.05, 4.69) is 64.9 Å². The molecule has 0 bridgehead atoms. The van der Waals surface area contributed by atoms with Gasteiger partial charge in [-0.05, 0) is 28.1 Å². The Morgan fingerprint density at radius 1 is 1.19 bits per heavy atom. The lowest BCUT2D eigenvalue weighted by Crippen LogP contribution is -2.29. The Kier molecular flexibility index (Phi) is 9.56. The Morgan fingerprint density at radius 2 is 1.71 bits per heavy atom. The van der Waals surface area contributed by atoms with Gasteiger partial charge in [0.2, 0.25) is 0 Å². The lowest BCUT2D eigenvalue weighted by molar-refractivity contribution is -0.445. The number of methoxy groups -OCH3 is 1. The zero-order valence-electron chi connectivity index (χ0n) is 12.7. The minimum atomic E-state index is -0.642. The van der Waals surface area contributed by atoms with Gasteiger partial charge in [0.15, 0.2) is 10.7 Å². The number of ether oxygens (including phenoxy) is 1. The molecule has 0 unspecified atom stereocenters. The highest BCUT2D eigenvalue weighted by molar-refractivity contribution is 9.11. The van der Waals surface area contributed by atoms with E-state index in [1.54, 1.807) is 12.1 Å². The molecule has 1 aromatic rings. The van der Waals surface area contributed by atoms with Gasteiger partial charge in [-0.2, -0.15) is 0 Å². The number of hydrazine groups is 1. The maximum Gasteiger partial charge on any atom is 0.162 e. The molecule has 1 aromatic carbocycles. The first-order valence-corrected chi connectivity index (χ1v) is 7.96. The minimum absolute atomic E-state index is 0.292. The zero-order valence-corrected chi connectivity index (χ0v) is 15.9. The fourth-order valence-electron chi connectivity index (χ4n) is 1.58. The van der Waals surface area contributed by atoms with Crippen molar-refractivity contribution in [1.82, 2.24) is 5.32 Å². The van der Waals surface area contributed by atoms with Crippen molar-refractivity contribution in [2.24, 2.45) is 0 Å². The van der Waals surface area contributed by atoms with Crippen LogP contribution in [0.4, 0.5) is 5.69 Å². The SMILES string of the molecule is CC(C)NC(C)C.COc1cc(Br)cc(Br)c1N[N+](=O)[O-]. The standard InChI is InChI=1S/C7H6Br2N2O3.C6H15N/c1-14-6-3-4(8)2-5(9)7(6)10-11(12)13;1-5(2)7-6(3)4/h2-3,10H,1H3;5-7H,1-4H3. The first kappa shape index (κ1) is 20.1. The molecule has 0 aliphatic heterocycles.